The highest BCUT2D eigenvalue weighted by Crippen LogP contribution is 2.36. The van der Waals surface area contributed by atoms with Crippen LogP contribution in [-0.2, 0) is 21.2 Å². The molecule has 2 aromatic carbocycles. The summed E-state index contributed by atoms with van der Waals surface area (Å²) in [7, 11) is -3.74. The van der Waals surface area contributed by atoms with Gasteiger partial charge in [-0.3, -0.25) is 4.79 Å². The Morgan fingerprint density at radius 2 is 2.11 bits per heavy atom. The van der Waals surface area contributed by atoms with E-state index in [2.05, 4.69) is 20.9 Å². The number of hydrogen-bond donors (Lipinski definition) is 1. The predicted octanol–water partition coefficient (Wildman–Crippen LogP) is 3.95. The highest BCUT2D eigenvalue weighted by atomic mass is 32.2. The lowest BCUT2D eigenvalue weighted by molar-refractivity contribution is -0.114. The molecule has 35 heavy (non-hydrogen) atoms. The molecule has 0 saturated carbocycles. The van der Waals surface area contributed by atoms with E-state index in [0.717, 1.165) is 29.5 Å². The van der Waals surface area contributed by atoms with Gasteiger partial charge in [-0.2, -0.15) is 10.2 Å². The topological polar surface area (TPSA) is 135 Å². The molecule has 182 valence electrons. The van der Waals surface area contributed by atoms with Crippen LogP contribution in [0.4, 0.5) is 0 Å². The van der Waals surface area contributed by atoms with Crippen molar-refractivity contribution < 1.29 is 22.5 Å². The van der Waals surface area contributed by atoms with Crippen molar-refractivity contribution in [1.29, 1.82) is 5.26 Å². The Labute approximate surface area is 204 Å². The van der Waals surface area contributed by atoms with Gasteiger partial charge in [0.15, 0.2) is 0 Å². The molecule has 0 saturated heterocycles. The van der Waals surface area contributed by atoms with Crippen LogP contribution in [0.3, 0.4) is 0 Å². The maximum Gasteiger partial charge on any atom is 0.258 e. The van der Waals surface area contributed by atoms with E-state index < -0.39 is 27.6 Å². The van der Waals surface area contributed by atoms with Gasteiger partial charge in [-0.05, 0) is 69.4 Å². The van der Waals surface area contributed by atoms with Crippen molar-refractivity contribution in [2.75, 3.05) is 5.75 Å². The lowest BCUT2D eigenvalue weighted by atomic mass is 9.85. The van der Waals surface area contributed by atoms with Crippen molar-refractivity contribution in [3.63, 3.8) is 0 Å². The second-order valence-corrected chi connectivity index (χ2v) is 10.6. The van der Waals surface area contributed by atoms with E-state index in [1.165, 1.54) is 6.92 Å². The summed E-state index contributed by atoms with van der Waals surface area (Å²) in [5.74, 6) is 0.175. The van der Waals surface area contributed by atoms with Crippen molar-refractivity contribution >= 4 is 15.8 Å². The molecule has 0 aliphatic heterocycles. The minimum atomic E-state index is -3.74. The third-order valence-electron chi connectivity index (χ3n) is 5.60. The molecule has 1 atom stereocenters. The molecule has 0 amide bonds. The number of rotatable bonds is 8. The average Bonchev–Trinajstić information content (AvgIpc) is 3.28. The Bertz CT molecular complexity index is 1410. The summed E-state index contributed by atoms with van der Waals surface area (Å²) in [6.45, 7) is 5.03. The Hall–Kier alpha value is -3.55. The predicted molar refractivity (Wildman–Crippen MR) is 129 cm³/mol. The standard InChI is InChI=1S/C25H26N4O5S/c1-15(2)33-23-11-10-17(12-18(23)13-26)25-27-24(28-34-25)21-8-4-7-20-19(21)6-5-9-22(20)29-35(31,32)14-16(3)30/h4,7-8,10-12,15,22,29H,5-6,9,14H2,1-3H3/t22-/m0/s1. The summed E-state index contributed by atoms with van der Waals surface area (Å²) >= 11 is 0. The van der Waals surface area contributed by atoms with Crippen LogP contribution in [0.5, 0.6) is 5.75 Å². The minimum absolute atomic E-state index is 0.0667. The largest absolute Gasteiger partial charge is 0.490 e. The molecule has 10 heteroatoms. The van der Waals surface area contributed by atoms with Crippen LogP contribution in [0.25, 0.3) is 22.8 Å². The molecule has 0 bridgehead atoms. The van der Waals surface area contributed by atoms with Crippen LogP contribution in [-0.4, -0.2) is 36.2 Å². The Morgan fingerprint density at radius 3 is 2.83 bits per heavy atom. The van der Waals surface area contributed by atoms with Gasteiger partial charge >= 0.3 is 0 Å². The number of nitrogens with one attached hydrogen (secondary N) is 1. The quantitative estimate of drug-likeness (QED) is 0.497. The van der Waals surface area contributed by atoms with Crippen LogP contribution in [0, 0.1) is 11.3 Å². The highest BCUT2D eigenvalue weighted by Gasteiger charge is 2.28. The molecular formula is C25H26N4O5S. The molecule has 1 aliphatic carbocycles. The fourth-order valence-electron chi connectivity index (χ4n) is 4.26. The average molecular weight is 495 g/mol. The second-order valence-electron chi connectivity index (χ2n) is 8.81. The zero-order valence-electron chi connectivity index (χ0n) is 19.7. The number of benzene rings is 2. The summed E-state index contributed by atoms with van der Waals surface area (Å²) in [6, 6.07) is 12.4. The van der Waals surface area contributed by atoms with Gasteiger partial charge in [0, 0.05) is 17.2 Å². The normalized spacial score (nSPS) is 15.5. The summed E-state index contributed by atoms with van der Waals surface area (Å²) in [4.78, 5) is 15.9. The lowest BCUT2D eigenvalue weighted by Gasteiger charge is -2.27. The molecule has 1 aromatic heterocycles. The van der Waals surface area contributed by atoms with E-state index in [-0.39, 0.29) is 12.0 Å². The summed E-state index contributed by atoms with van der Waals surface area (Å²) in [5.41, 5.74) is 3.51. The van der Waals surface area contributed by atoms with E-state index in [1.807, 2.05) is 32.0 Å². The molecule has 4 rings (SSSR count). The van der Waals surface area contributed by atoms with Gasteiger partial charge in [0.05, 0.1) is 11.7 Å². The fourth-order valence-corrected chi connectivity index (χ4v) is 5.56. The number of ketones is 1. The van der Waals surface area contributed by atoms with Crippen LogP contribution < -0.4 is 9.46 Å². The van der Waals surface area contributed by atoms with E-state index in [1.54, 1.807) is 18.2 Å². The monoisotopic (exact) mass is 494 g/mol. The molecule has 0 radical (unpaired) electrons. The molecule has 0 unspecified atom stereocenters. The summed E-state index contributed by atoms with van der Waals surface area (Å²) < 4.78 is 38.6. The molecule has 0 spiro atoms. The first-order chi connectivity index (χ1) is 16.7. The summed E-state index contributed by atoms with van der Waals surface area (Å²) in [5, 5.41) is 13.7. The number of fused-ring (bicyclic) bond motifs is 1. The number of Topliss-reactive ketones (excluding diaryl/α,β-unsaturated/α-hetero) is 1. The van der Waals surface area contributed by atoms with Gasteiger partial charge in [0.25, 0.3) is 5.89 Å². The van der Waals surface area contributed by atoms with E-state index in [0.29, 0.717) is 29.1 Å². The summed E-state index contributed by atoms with van der Waals surface area (Å²) in [6.07, 6.45) is 2.07. The molecule has 1 aliphatic rings. The van der Waals surface area contributed by atoms with Crippen LogP contribution in [0.15, 0.2) is 40.9 Å². The highest BCUT2D eigenvalue weighted by molar-refractivity contribution is 7.90. The molecule has 9 nitrogen and oxygen atoms in total. The zero-order valence-corrected chi connectivity index (χ0v) is 20.6. The van der Waals surface area contributed by atoms with Crippen molar-refractivity contribution in [3.8, 4) is 34.7 Å². The number of carbonyl (C=O) groups is 1. The number of nitrogens with zero attached hydrogens (tertiary/aromatic N) is 3. The minimum Gasteiger partial charge on any atom is -0.490 e. The Balaban J connectivity index is 1.65. The third kappa shape index (κ3) is 5.58. The lowest BCUT2D eigenvalue weighted by Crippen LogP contribution is -2.34. The molecule has 0 fully saturated rings. The first kappa shape index (κ1) is 24.6. The smallest absolute Gasteiger partial charge is 0.258 e. The second kappa shape index (κ2) is 9.98. The zero-order chi connectivity index (χ0) is 25.2. The van der Waals surface area contributed by atoms with Gasteiger partial charge in [-0.1, -0.05) is 23.4 Å². The van der Waals surface area contributed by atoms with E-state index in [4.69, 9.17) is 9.26 Å². The van der Waals surface area contributed by atoms with Crippen LogP contribution in [0.1, 0.15) is 56.3 Å². The maximum atomic E-state index is 12.4. The number of carbonyl (C=O) groups excluding carboxylic acids is 1. The third-order valence-corrected chi connectivity index (χ3v) is 7.03. The van der Waals surface area contributed by atoms with E-state index >= 15 is 0 Å². The molecule has 1 N–H and O–H groups in total. The van der Waals surface area contributed by atoms with Gasteiger partial charge in [-0.25, -0.2) is 13.1 Å². The van der Waals surface area contributed by atoms with Crippen molar-refractivity contribution in [1.82, 2.24) is 14.9 Å². The molecule has 1 heterocycles. The first-order valence-corrected chi connectivity index (χ1v) is 13.0. The first-order valence-electron chi connectivity index (χ1n) is 11.3. The van der Waals surface area contributed by atoms with Crippen LogP contribution >= 0.6 is 0 Å². The van der Waals surface area contributed by atoms with Crippen molar-refractivity contribution in [2.45, 2.75) is 52.2 Å². The number of hydrogen-bond acceptors (Lipinski definition) is 8. The SMILES string of the molecule is CC(=O)CS(=O)(=O)N[C@H]1CCCc2c(-c3noc(-c4ccc(OC(C)C)c(C#N)c4)n3)cccc21. The van der Waals surface area contributed by atoms with E-state index in [9.17, 15) is 18.5 Å². The maximum absolute atomic E-state index is 12.4. The number of aromatic nitrogens is 2. The van der Waals surface area contributed by atoms with Crippen LogP contribution in [0.2, 0.25) is 0 Å². The Kier molecular flexibility index (Phi) is 7.00. The van der Waals surface area contributed by atoms with Gasteiger partial charge in [0.2, 0.25) is 15.8 Å². The van der Waals surface area contributed by atoms with Gasteiger partial charge in [0.1, 0.15) is 23.4 Å². The number of ether oxygens (including phenoxy) is 1. The number of nitriles is 1. The Morgan fingerprint density at radius 1 is 1.31 bits per heavy atom. The van der Waals surface area contributed by atoms with Crippen molar-refractivity contribution in [3.05, 3.63) is 53.1 Å². The van der Waals surface area contributed by atoms with Gasteiger partial charge < -0.3 is 9.26 Å². The van der Waals surface area contributed by atoms with Gasteiger partial charge in [-0.15, -0.1) is 0 Å². The van der Waals surface area contributed by atoms with Crippen molar-refractivity contribution in [2.24, 2.45) is 0 Å². The number of sulfonamides is 1. The molecule has 3 aromatic rings. The fraction of sp³-hybridized carbons (Fsp3) is 0.360. The molecular weight excluding hydrogens is 468 g/mol.